The number of halogens is 1. The second kappa shape index (κ2) is 12.0. The Bertz CT molecular complexity index is 1580. The molecule has 3 aliphatic rings. The number of ether oxygens (including phenoxy) is 1. The number of nitrogens with zero attached hydrogens (tertiary/aromatic N) is 5. The van der Waals surface area contributed by atoms with Crippen LogP contribution in [0.1, 0.15) is 43.7 Å². The maximum absolute atomic E-state index is 13.6. The Labute approximate surface area is 252 Å². The first-order chi connectivity index (χ1) is 20.2. The van der Waals surface area contributed by atoms with Crippen molar-refractivity contribution in [2.24, 2.45) is 5.41 Å². The first-order valence-electron chi connectivity index (χ1n) is 14.7. The summed E-state index contributed by atoms with van der Waals surface area (Å²) in [4.78, 5) is 18.1. The number of piperazine rings is 1. The molecule has 224 valence electrons. The molecule has 1 aliphatic carbocycles. The van der Waals surface area contributed by atoms with Gasteiger partial charge in [0.2, 0.25) is 15.8 Å². The lowest BCUT2D eigenvalue weighted by Crippen LogP contribution is -2.49. The topological polar surface area (TPSA) is 88.0 Å². The van der Waals surface area contributed by atoms with Crippen LogP contribution < -0.4 is 15.2 Å². The summed E-state index contributed by atoms with van der Waals surface area (Å²) in [6.07, 6.45) is 6.26. The van der Waals surface area contributed by atoms with Crippen molar-refractivity contribution in [2.75, 3.05) is 50.8 Å². The van der Waals surface area contributed by atoms with Crippen LogP contribution >= 0.6 is 11.6 Å². The van der Waals surface area contributed by atoms with Crippen molar-refractivity contribution in [3.8, 4) is 11.4 Å². The molecular formula is C31H38ClN5O4S. The average molecular weight is 612 g/mol. The zero-order chi connectivity index (χ0) is 29.3. The van der Waals surface area contributed by atoms with Crippen molar-refractivity contribution in [1.29, 1.82) is 0 Å². The minimum atomic E-state index is -3.49. The molecule has 0 spiro atoms. The van der Waals surface area contributed by atoms with E-state index in [-0.39, 0.29) is 22.5 Å². The van der Waals surface area contributed by atoms with Crippen molar-refractivity contribution in [3.05, 3.63) is 81.2 Å². The Balaban J connectivity index is 1.14. The Morgan fingerprint density at radius 1 is 0.952 bits per heavy atom. The van der Waals surface area contributed by atoms with Crippen LogP contribution in [0.2, 0.25) is 5.02 Å². The normalized spacial score (nSPS) is 19.2. The van der Waals surface area contributed by atoms with E-state index < -0.39 is 10.0 Å². The smallest absolute Gasteiger partial charge is 0.316 e. The predicted octanol–water partition coefficient (Wildman–Crippen LogP) is 4.31. The molecule has 9 nitrogen and oxygen atoms in total. The molecule has 2 saturated heterocycles. The molecule has 1 aromatic heterocycles. The van der Waals surface area contributed by atoms with Gasteiger partial charge >= 0.3 is 5.56 Å². The fourth-order valence-corrected chi connectivity index (χ4v) is 7.34. The number of likely N-dealkylation sites (tertiary alicyclic amines) is 1. The van der Waals surface area contributed by atoms with Gasteiger partial charge < -0.3 is 9.64 Å². The second-order valence-electron chi connectivity index (χ2n) is 12.1. The van der Waals surface area contributed by atoms with Crippen LogP contribution in [0.25, 0.3) is 5.69 Å². The summed E-state index contributed by atoms with van der Waals surface area (Å²) in [5.41, 5.74) is 2.87. The molecule has 0 radical (unpaired) electrons. The van der Waals surface area contributed by atoms with Crippen molar-refractivity contribution in [2.45, 2.75) is 44.9 Å². The molecule has 0 bridgehead atoms. The van der Waals surface area contributed by atoms with Crippen molar-refractivity contribution >= 4 is 27.3 Å². The van der Waals surface area contributed by atoms with Crippen molar-refractivity contribution < 1.29 is 13.2 Å². The number of rotatable bonds is 10. The number of anilines is 1. The monoisotopic (exact) mass is 611 g/mol. The molecule has 0 unspecified atom stereocenters. The van der Waals surface area contributed by atoms with Gasteiger partial charge in [0, 0.05) is 43.2 Å². The molecule has 3 fully saturated rings. The summed E-state index contributed by atoms with van der Waals surface area (Å²) in [6, 6.07) is 14.9. The molecule has 6 rings (SSSR count). The van der Waals surface area contributed by atoms with Crippen molar-refractivity contribution in [3.63, 3.8) is 0 Å². The Hall–Kier alpha value is -2.92. The van der Waals surface area contributed by atoms with Gasteiger partial charge in [0.1, 0.15) is 5.69 Å². The average Bonchev–Trinajstić information content (AvgIpc) is 3.49. The lowest BCUT2D eigenvalue weighted by Gasteiger charge is -2.35. The SMILES string of the molecule is CC1(COc2c(N3CCN(S(=O)(=O)Cc4ccc(CN5CCCC5)cc4)CC3)cnn(-c3cccc(Cl)c3)c2=O)CC1. The number of hydrogen-bond donors (Lipinski definition) is 0. The molecule has 0 N–H and O–H groups in total. The van der Waals surface area contributed by atoms with E-state index in [1.807, 2.05) is 29.2 Å². The third-order valence-electron chi connectivity index (χ3n) is 8.59. The lowest BCUT2D eigenvalue weighted by molar-refractivity contribution is 0.242. The lowest BCUT2D eigenvalue weighted by atomic mass is 10.1. The number of benzene rings is 2. The van der Waals surface area contributed by atoms with Crippen LogP contribution in [0.4, 0.5) is 5.69 Å². The third kappa shape index (κ3) is 6.67. The Morgan fingerprint density at radius 3 is 2.31 bits per heavy atom. The fraction of sp³-hybridized carbons (Fsp3) is 0.484. The van der Waals surface area contributed by atoms with E-state index in [9.17, 15) is 13.2 Å². The number of hydrogen-bond acceptors (Lipinski definition) is 7. The Kier molecular flexibility index (Phi) is 8.33. The predicted molar refractivity (Wildman–Crippen MR) is 165 cm³/mol. The first-order valence-corrected chi connectivity index (χ1v) is 16.7. The minimum Gasteiger partial charge on any atom is -0.486 e. The molecule has 2 aliphatic heterocycles. The number of sulfonamides is 1. The van der Waals surface area contributed by atoms with Gasteiger partial charge in [-0.15, -0.1) is 0 Å². The van der Waals surface area contributed by atoms with Crippen LogP contribution in [0.3, 0.4) is 0 Å². The zero-order valence-corrected chi connectivity index (χ0v) is 25.6. The van der Waals surface area contributed by atoms with Gasteiger partial charge in [-0.2, -0.15) is 14.1 Å². The summed E-state index contributed by atoms with van der Waals surface area (Å²) in [5.74, 6) is 0.213. The van der Waals surface area contributed by atoms with Gasteiger partial charge in [-0.05, 0) is 68.1 Å². The molecule has 2 aromatic carbocycles. The van der Waals surface area contributed by atoms with E-state index in [0.29, 0.717) is 49.2 Å². The summed E-state index contributed by atoms with van der Waals surface area (Å²) >= 11 is 6.17. The highest BCUT2D eigenvalue weighted by atomic mass is 35.5. The molecule has 11 heteroatoms. The van der Waals surface area contributed by atoms with Gasteiger partial charge in [-0.25, -0.2) is 8.42 Å². The highest BCUT2D eigenvalue weighted by Crippen LogP contribution is 2.45. The van der Waals surface area contributed by atoms with E-state index in [1.165, 1.54) is 23.1 Å². The summed E-state index contributed by atoms with van der Waals surface area (Å²) in [7, 11) is -3.49. The maximum atomic E-state index is 13.6. The number of aromatic nitrogens is 2. The minimum absolute atomic E-state index is 0.0266. The van der Waals surface area contributed by atoms with E-state index in [2.05, 4.69) is 16.9 Å². The molecule has 3 heterocycles. The third-order valence-corrected chi connectivity index (χ3v) is 10.7. The Morgan fingerprint density at radius 2 is 1.64 bits per heavy atom. The van der Waals surface area contributed by atoms with Crippen LogP contribution in [0.5, 0.6) is 5.75 Å². The van der Waals surface area contributed by atoms with Crippen molar-refractivity contribution in [1.82, 2.24) is 19.0 Å². The molecule has 42 heavy (non-hydrogen) atoms. The van der Waals surface area contributed by atoms with Gasteiger partial charge in [0.05, 0.1) is 24.2 Å². The largest absolute Gasteiger partial charge is 0.486 e. The second-order valence-corrected chi connectivity index (χ2v) is 14.5. The van der Waals surface area contributed by atoms with E-state index in [0.717, 1.165) is 38.0 Å². The molecule has 1 saturated carbocycles. The fourth-order valence-electron chi connectivity index (χ4n) is 5.63. The zero-order valence-electron chi connectivity index (χ0n) is 24.0. The molecule has 3 aromatic rings. The standard InChI is InChI=1S/C31H38ClN5O4S/c1-31(11-12-31)23-41-29-28(20-33-37(30(29)38)27-6-4-5-26(32)19-27)35-15-17-36(18-16-35)42(39,40)22-25-9-7-24(8-10-25)21-34-13-2-3-14-34/h4-10,19-20H,2-3,11-18,21-23H2,1H3. The summed E-state index contributed by atoms with van der Waals surface area (Å²) in [6.45, 7) is 7.28. The summed E-state index contributed by atoms with van der Waals surface area (Å²) in [5, 5.41) is 4.95. The quantitative estimate of drug-likeness (QED) is 0.338. The summed E-state index contributed by atoms with van der Waals surface area (Å²) < 4.78 is 35.7. The van der Waals surface area contributed by atoms with E-state index in [1.54, 1.807) is 34.8 Å². The van der Waals surface area contributed by atoms with Gasteiger partial charge in [-0.1, -0.05) is 48.9 Å². The van der Waals surface area contributed by atoms with Crippen LogP contribution in [0.15, 0.2) is 59.5 Å². The maximum Gasteiger partial charge on any atom is 0.316 e. The highest BCUT2D eigenvalue weighted by Gasteiger charge is 2.39. The molecule has 0 amide bonds. The van der Waals surface area contributed by atoms with Gasteiger partial charge in [0.15, 0.2) is 0 Å². The van der Waals surface area contributed by atoms with Crippen LogP contribution in [0, 0.1) is 5.41 Å². The molecular weight excluding hydrogens is 574 g/mol. The van der Waals surface area contributed by atoms with Crippen LogP contribution in [-0.2, 0) is 22.3 Å². The molecule has 0 atom stereocenters. The van der Waals surface area contributed by atoms with Gasteiger partial charge in [-0.3, -0.25) is 9.69 Å². The first kappa shape index (κ1) is 29.2. The van der Waals surface area contributed by atoms with E-state index in [4.69, 9.17) is 16.3 Å². The highest BCUT2D eigenvalue weighted by molar-refractivity contribution is 7.88. The van der Waals surface area contributed by atoms with Crippen LogP contribution in [-0.4, -0.2) is 73.3 Å². The van der Waals surface area contributed by atoms with Gasteiger partial charge in [0.25, 0.3) is 0 Å². The van der Waals surface area contributed by atoms with E-state index >= 15 is 0 Å².